The summed E-state index contributed by atoms with van der Waals surface area (Å²) in [5.74, 6) is -0.308. The van der Waals surface area contributed by atoms with Crippen molar-refractivity contribution in [1.82, 2.24) is 19.9 Å². The van der Waals surface area contributed by atoms with Crippen molar-refractivity contribution in [2.45, 2.75) is 13.3 Å². The normalized spacial score (nSPS) is 14.2. The quantitative estimate of drug-likeness (QED) is 0.503. The highest BCUT2D eigenvalue weighted by molar-refractivity contribution is 5.94. The lowest BCUT2D eigenvalue weighted by atomic mass is 10.0. The molecule has 4 aromatic rings. The van der Waals surface area contributed by atoms with Crippen LogP contribution in [0.2, 0.25) is 0 Å². The largest absolute Gasteiger partial charge is 0.378 e. The Kier molecular flexibility index (Phi) is 5.26. The zero-order chi connectivity index (χ0) is 21.2. The zero-order valence-electron chi connectivity index (χ0n) is 17.3. The summed E-state index contributed by atoms with van der Waals surface area (Å²) >= 11 is 0. The molecular weight excluding hydrogens is 393 g/mol. The summed E-state index contributed by atoms with van der Waals surface area (Å²) in [4.78, 5) is 19.8. The average Bonchev–Trinajstić information content (AvgIpc) is 2.81. The van der Waals surface area contributed by atoms with Crippen LogP contribution >= 0.6 is 0 Å². The number of rotatable bonds is 4. The standard InChI is InChI=1S/C24H22FN5O/c1-16-22(27-7-6-26-16)13-17-2-5-21(25)20(12-17)24-19-4-3-18(14-23(19)28-15-29-24)30-8-10-31-11-9-30/h2-7,12,14-15H,8-11,13H2,1H3. The number of benzene rings is 2. The van der Waals surface area contributed by atoms with Crippen molar-refractivity contribution in [2.75, 3.05) is 31.2 Å². The van der Waals surface area contributed by atoms with E-state index in [9.17, 15) is 4.39 Å². The van der Waals surface area contributed by atoms with Gasteiger partial charge in [0.05, 0.1) is 35.8 Å². The molecule has 1 aliphatic heterocycles. The van der Waals surface area contributed by atoms with Gasteiger partial charge in [-0.05, 0) is 42.8 Å². The van der Waals surface area contributed by atoms with Crippen LogP contribution in [0.4, 0.5) is 10.1 Å². The molecule has 2 aromatic carbocycles. The minimum absolute atomic E-state index is 0.308. The van der Waals surface area contributed by atoms with E-state index in [0.717, 1.165) is 59.8 Å². The van der Waals surface area contributed by atoms with Gasteiger partial charge in [-0.2, -0.15) is 0 Å². The van der Waals surface area contributed by atoms with E-state index in [4.69, 9.17) is 4.74 Å². The molecule has 156 valence electrons. The molecule has 31 heavy (non-hydrogen) atoms. The Morgan fingerprint density at radius 1 is 0.968 bits per heavy atom. The zero-order valence-corrected chi connectivity index (χ0v) is 17.3. The lowest BCUT2D eigenvalue weighted by molar-refractivity contribution is 0.122. The molecule has 0 amide bonds. The van der Waals surface area contributed by atoms with E-state index in [2.05, 4.69) is 24.8 Å². The highest BCUT2D eigenvalue weighted by Gasteiger charge is 2.16. The molecule has 1 aliphatic rings. The first kappa shape index (κ1) is 19.5. The van der Waals surface area contributed by atoms with Gasteiger partial charge in [-0.1, -0.05) is 6.07 Å². The van der Waals surface area contributed by atoms with Gasteiger partial charge in [0, 0.05) is 48.5 Å². The minimum Gasteiger partial charge on any atom is -0.378 e. The Morgan fingerprint density at radius 3 is 2.65 bits per heavy atom. The number of halogens is 1. The van der Waals surface area contributed by atoms with Crippen molar-refractivity contribution in [1.29, 1.82) is 0 Å². The predicted octanol–water partition coefficient (Wildman–Crippen LogP) is 3.96. The number of hydrogen-bond acceptors (Lipinski definition) is 6. The van der Waals surface area contributed by atoms with Crippen molar-refractivity contribution >= 4 is 16.6 Å². The maximum Gasteiger partial charge on any atom is 0.132 e. The molecule has 0 radical (unpaired) electrons. The summed E-state index contributed by atoms with van der Waals surface area (Å²) in [7, 11) is 0. The van der Waals surface area contributed by atoms with E-state index in [1.165, 1.54) is 12.4 Å². The van der Waals surface area contributed by atoms with Crippen LogP contribution in [0.1, 0.15) is 17.0 Å². The summed E-state index contributed by atoms with van der Waals surface area (Å²) in [5, 5.41) is 0.825. The highest BCUT2D eigenvalue weighted by atomic mass is 19.1. The van der Waals surface area contributed by atoms with Crippen LogP contribution in [-0.2, 0) is 11.2 Å². The average molecular weight is 415 g/mol. The number of aryl methyl sites for hydroxylation is 1. The van der Waals surface area contributed by atoms with Crippen LogP contribution in [0.25, 0.3) is 22.2 Å². The summed E-state index contributed by atoms with van der Waals surface area (Å²) in [6.45, 7) is 5.06. The Morgan fingerprint density at radius 2 is 1.81 bits per heavy atom. The Hall–Kier alpha value is -3.45. The number of aromatic nitrogens is 4. The number of ether oxygens (including phenoxy) is 1. The first-order chi connectivity index (χ1) is 15.2. The Balaban J connectivity index is 1.53. The molecule has 5 rings (SSSR count). The first-order valence-corrected chi connectivity index (χ1v) is 10.3. The number of hydrogen-bond donors (Lipinski definition) is 0. The smallest absolute Gasteiger partial charge is 0.132 e. The van der Waals surface area contributed by atoms with E-state index >= 15 is 0 Å². The molecule has 6 nitrogen and oxygen atoms in total. The maximum atomic E-state index is 14.9. The van der Waals surface area contributed by atoms with Crippen LogP contribution in [-0.4, -0.2) is 46.2 Å². The SMILES string of the molecule is Cc1nccnc1Cc1ccc(F)c(-c2ncnc3cc(N4CCOCC4)ccc23)c1. The molecule has 2 aromatic heterocycles. The molecule has 0 aliphatic carbocycles. The van der Waals surface area contributed by atoms with Crippen molar-refractivity contribution in [3.05, 3.63) is 77.9 Å². The van der Waals surface area contributed by atoms with Crippen molar-refractivity contribution < 1.29 is 9.13 Å². The Labute approximate surface area is 179 Å². The van der Waals surface area contributed by atoms with Crippen LogP contribution in [0.15, 0.2) is 55.1 Å². The first-order valence-electron chi connectivity index (χ1n) is 10.3. The fourth-order valence-electron chi connectivity index (χ4n) is 3.95. The summed E-state index contributed by atoms with van der Waals surface area (Å²) < 4.78 is 20.3. The van der Waals surface area contributed by atoms with E-state index in [-0.39, 0.29) is 5.82 Å². The predicted molar refractivity (Wildman–Crippen MR) is 118 cm³/mol. The lowest BCUT2D eigenvalue weighted by Gasteiger charge is -2.29. The van der Waals surface area contributed by atoms with Gasteiger partial charge in [0.2, 0.25) is 0 Å². The van der Waals surface area contributed by atoms with Crippen molar-refractivity contribution in [2.24, 2.45) is 0 Å². The van der Waals surface area contributed by atoms with Gasteiger partial charge in [-0.25, -0.2) is 14.4 Å². The fourth-order valence-corrected chi connectivity index (χ4v) is 3.95. The molecule has 3 heterocycles. The van der Waals surface area contributed by atoms with Gasteiger partial charge in [0.25, 0.3) is 0 Å². The molecule has 1 saturated heterocycles. The fraction of sp³-hybridized carbons (Fsp3) is 0.250. The third-order valence-corrected chi connectivity index (χ3v) is 5.64. The second-order valence-corrected chi connectivity index (χ2v) is 7.60. The molecule has 0 N–H and O–H groups in total. The second kappa shape index (κ2) is 8.35. The maximum absolute atomic E-state index is 14.9. The number of anilines is 1. The number of nitrogens with zero attached hydrogens (tertiary/aromatic N) is 5. The van der Waals surface area contributed by atoms with Gasteiger partial charge >= 0.3 is 0 Å². The van der Waals surface area contributed by atoms with Gasteiger partial charge in [0.15, 0.2) is 0 Å². The summed E-state index contributed by atoms with van der Waals surface area (Å²) in [6, 6.07) is 11.2. The topological polar surface area (TPSA) is 64.0 Å². The van der Waals surface area contributed by atoms with E-state index < -0.39 is 0 Å². The van der Waals surface area contributed by atoms with Gasteiger partial charge < -0.3 is 9.64 Å². The van der Waals surface area contributed by atoms with Crippen molar-refractivity contribution in [3.63, 3.8) is 0 Å². The monoisotopic (exact) mass is 415 g/mol. The van der Waals surface area contributed by atoms with Gasteiger partial charge in [-0.3, -0.25) is 9.97 Å². The van der Waals surface area contributed by atoms with Crippen molar-refractivity contribution in [3.8, 4) is 11.3 Å². The van der Waals surface area contributed by atoms with E-state index in [1.54, 1.807) is 18.5 Å². The van der Waals surface area contributed by atoms with Crippen LogP contribution < -0.4 is 4.90 Å². The molecule has 0 saturated carbocycles. The van der Waals surface area contributed by atoms with Crippen LogP contribution in [0, 0.1) is 12.7 Å². The van der Waals surface area contributed by atoms with Gasteiger partial charge in [-0.15, -0.1) is 0 Å². The molecule has 7 heteroatoms. The molecular formula is C24H22FN5O. The minimum atomic E-state index is -0.308. The highest BCUT2D eigenvalue weighted by Crippen LogP contribution is 2.31. The van der Waals surface area contributed by atoms with E-state index in [0.29, 0.717) is 17.7 Å². The molecule has 0 bridgehead atoms. The molecule has 0 spiro atoms. The summed E-state index contributed by atoms with van der Waals surface area (Å²) in [6.07, 6.45) is 5.43. The van der Waals surface area contributed by atoms with Crippen LogP contribution in [0.5, 0.6) is 0 Å². The molecule has 0 unspecified atom stereocenters. The van der Waals surface area contributed by atoms with Crippen LogP contribution in [0.3, 0.4) is 0 Å². The van der Waals surface area contributed by atoms with Gasteiger partial charge in [0.1, 0.15) is 12.1 Å². The number of fused-ring (bicyclic) bond motifs is 1. The number of morpholine rings is 1. The Bertz CT molecular complexity index is 1240. The summed E-state index contributed by atoms with van der Waals surface area (Å²) in [5.41, 5.74) is 5.65. The third kappa shape index (κ3) is 3.96. The lowest BCUT2D eigenvalue weighted by Crippen LogP contribution is -2.36. The van der Waals surface area contributed by atoms with E-state index in [1.807, 2.05) is 31.2 Å². The molecule has 1 fully saturated rings. The third-order valence-electron chi connectivity index (χ3n) is 5.64. The molecule has 0 atom stereocenters. The second-order valence-electron chi connectivity index (χ2n) is 7.60.